The van der Waals surface area contributed by atoms with Crippen LogP contribution in [0.3, 0.4) is 0 Å². The monoisotopic (exact) mass is 217 g/mol. The number of piperidine rings is 1. The van der Waals surface area contributed by atoms with Crippen LogP contribution in [0.4, 0.5) is 5.82 Å². The van der Waals surface area contributed by atoms with Crippen molar-refractivity contribution in [2.75, 3.05) is 25.0 Å². The standard InChI is InChI=1S/C11H15N5/c12-6-10-11(15-5-4-14-10)16-8-9-2-1-3-13-7-9/h4-5,9,13H,1-3,7-8H2,(H,15,16). The van der Waals surface area contributed by atoms with Gasteiger partial charge in [0.05, 0.1) is 0 Å². The van der Waals surface area contributed by atoms with Gasteiger partial charge in [-0.05, 0) is 31.8 Å². The second-order valence-electron chi connectivity index (χ2n) is 3.96. The maximum atomic E-state index is 8.85. The highest BCUT2D eigenvalue weighted by molar-refractivity contribution is 5.46. The minimum absolute atomic E-state index is 0.367. The van der Waals surface area contributed by atoms with Gasteiger partial charge >= 0.3 is 0 Å². The number of rotatable bonds is 3. The molecule has 0 spiro atoms. The molecule has 1 aromatic heterocycles. The van der Waals surface area contributed by atoms with E-state index in [1.54, 1.807) is 6.20 Å². The molecule has 5 heteroatoms. The van der Waals surface area contributed by atoms with Gasteiger partial charge in [-0.3, -0.25) is 0 Å². The predicted molar refractivity (Wildman–Crippen MR) is 60.8 cm³/mol. The number of nitriles is 1. The summed E-state index contributed by atoms with van der Waals surface area (Å²) < 4.78 is 0. The average Bonchev–Trinajstić information content (AvgIpc) is 2.38. The minimum Gasteiger partial charge on any atom is -0.367 e. The summed E-state index contributed by atoms with van der Waals surface area (Å²) in [6.07, 6.45) is 5.58. The Morgan fingerprint density at radius 3 is 3.12 bits per heavy atom. The molecule has 2 rings (SSSR count). The molecule has 0 saturated carbocycles. The van der Waals surface area contributed by atoms with Crippen molar-refractivity contribution in [3.05, 3.63) is 18.1 Å². The topological polar surface area (TPSA) is 73.6 Å². The minimum atomic E-state index is 0.367. The first kappa shape index (κ1) is 10.8. The Morgan fingerprint density at radius 1 is 1.50 bits per heavy atom. The van der Waals surface area contributed by atoms with E-state index in [9.17, 15) is 0 Å². The Labute approximate surface area is 94.9 Å². The van der Waals surface area contributed by atoms with Crippen LogP contribution in [0.15, 0.2) is 12.4 Å². The van der Waals surface area contributed by atoms with Gasteiger partial charge in [0.1, 0.15) is 6.07 Å². The zero-order valence-corrected chi connectivity index (χ0v) is 9.11. The van der Waals surface area contributed by atoms with Crippen molar-refractivity contribution in [1.82, 2.24) is 15.3 Å². The molecule has 1 aliphatic rings. The van der Waals surface area contributed by atoms with Gasteiger partial charge in [0.25, 0.3) is 0 Å². The summed E-state index contributed by atoms with van der Waals surface area (Å²) in [5.74, 6) is 1.21. The van der Waals surface area contributed by atoms with Crippen LogP contribution in [0.25, 0.3) is 0 Å². The lowest BCUT2D eigenvalue weighted by atomic mass is 10.00. The lowest BCUT2D eigenvalue weighted by Crippen LogP contribution is -2.33. The Kier molecular flexibility index (Phi) is 3.67. The second kappa shape index (κ2) is 5.42. The third-order valence-corrected chi connectivity index (χ3v) is 2.76. The normalized spacial score (nSPS) is 20.1. The number of anilines is 1. The first-order valence-corrected chi connectivity index (χ1v) is 5.56. The maximum Gasteiger partial charge on any atom is 0.182 e. The molecule has 1 unspecified atom stereocenters. The summed E-state index contributed by atoms with van der Waals surface area (Å²) >= 11 is 0. The van der Waals surface area contributed by atoms with Crippen molar-refractivity contribution in [1.29, 1.82) is 5.26 Å². The van der Waals surface area contributed by atoms with Crippen LogP contribution in [0, 0.1) is 17.2 Å². The zero-order valence-electron chi connectivity index (χ0n) is 9.11. The third kappa shape index (κ3) is 2.67. The number of aromatic nitrogens is 2. The van der Waals surface area contributed by atoms with Crippen molar-refractivity contribution >= 4 is 5.82 Å². The molecule has 1 fully saturated rings. The van der Waals surface area contributed by atoms with Crippen LogP contribution in [0.1, 0.15) is 18.5 Å². The second-order valence-corrected chi connectivity index (χ2v) is 3.96. The van der Waals surface area contributed by atoms with Crippen molar-refractivity contribution in [2.45, 2.75) is 12.8 Å². The van der Waals surface area contributed by atoms with E-state index in [-0.39, 0.29) is 0 Å². The van der Waals surface area contributed by atoms with Crippen molar-refractivity contribution in [2.24, 2.45) is 5.92 Å². The van der Waals surface area contributed by atoms with E-state index in [1.165, 1.54) is 19.0 Å². The van der Waals surface area contributed by atoms with E-state index in [2.05, 4.69) is 20.6 Å². The molecule has 2 heterocycles. The molecule has 1 saturated heterocycles. The third-order valence-electron chi connectivity index (χ3n) is 2.76. The highest BCUT2D eigenvalue weighted by atomic mass is 15.0. The SMILES string of the molecule is N#Cc1nccnc1NCC1CCCNC1. The van der Waals surface area contributed by atoms with Gasteiger partial charge in [0.15, 0.2) is 11.5 Å². The van der Waals surface area contributed by atoms with E-state index in [4.69, 9.17) is 5.26 Å². The summed E-state index contributed by atoms with van der Waals surface area (Å²) in [6, 6.07) is 2.03. The molecule has 0 bridgehead atoms. The molecule has 1 aromatic rings. The number of hydrogen-bond donors (Lipinski definition) is 2. The van der Waals surface area contributed by atoms with Gasteiger partial charge < -0.3 is 10.6 Å². The smallest absolute Gasteiger partial charge is 0.182 e. The van der Waals surface area contributed by atoms with Gasteiger partial charge in [0, 0.05) is 18.9 Å². The van der Waals surface area contributed by atoms with Crippen LogP contribution in [-0.2, 0) is 0 Å². The number of nitrogens with zero attached hydrogens (tertiary/aromatic N) is 3. The Bertz CT molecular complexity index is 378. The maximum absolute atomic E-state index is 8.85. The van der Waals surface area contributed by atoms with Crippen LogP contribution >= 0.6 is 0 Å². The Balaban J connectivity index is 1.91. The molecule has 0 aliphatic carbocycles. The van der Waals surface area contributed by atoms with E-state index >= 15 is 0 Å². The summed E-state index contributed by atoms with van der Waals surface area (Å²) in [7, 11) is 0. The van der Waals surface area contributed by atoms with E-state index < -0.39 is 0 Å². The predicted octanol–water partition coefficient (Wildman–Crippen LogP) is 0.760. The average molecular weight is 217 g/mol. The molecule has 2 N–H and O–H groups in total. The van der Waals surface area contributed by atoms with Crippen LogP contribution in [-0.4, -0.2) is 29.6 Å². The summed E-state index contributed by atoms with van der Waals surface area (Å²) in [6.45, 7) is 3.00. The van der Waals surface area contributed by atoms with Crippen molar-refractivity contribution in [3.8, 4) is 6.07 Å². The fraction of sp³-hybridized carbons (Fsp3) is 0.545. The zero-order chi connectivity index (χ0) is 11.2. The van der Waals surface area contributed by atoms with Gasteiger partial charge in [-0.1, -0.05) is 0 Å². The summed E-state index contributed by atoms with van der Waals surface area (Å²) in [5, 5.41) is 15.4. The van der Waals surface area contributed by atoms with E-state index in [0.717, 1.165) is 19.6 Å². The van der Waals surface area contributed by atoms with E-state index in [1.807, 2.05) is 6.07 Å². The molecule has 5 nitrogen and oxygen atoms in total. The molecular weight excluding hydrogens is 202 g/mol. The van der Waals surface area contributed by atoms with Gasteiger partial charge in [0.2, 0.25) is 0 Å². The molecule has 0 aromatic carbocycles. The van der Waals surface area contributed by atoms with Gasteiger partial charge in [-0.15, -0.1) is 0 Å². The number of hydrogen-bond acceptors (Lipinski definition) is 5. The fourth-order valence-corrected chi connectivity index (χ4v) is 1.89. The van der Waals surface area contributed by atoms with Crippen LogP contribution in [0.2, 0.25) is 0 Å². The lowest BCUT2D eigenvalue weighted by Gasteiger charge is -2.23. The Morgan fingerprint density at radius 2 is 2.38 bits per heavy atom. The Hall–Kier alpha value is -1.67. The molecular formula is C11H15N5. The quantitative estimate of drug-likeness (QED) is 0.782. The molecule has 16 heavy (non-hydrogen) atoms. The van der Waals surface area contributed by atoms with Gasteiger partial charge in [-0.25, -0.2) is 9.97 Å². The van der Waals surface area contributed by atoms with Crippen LogP contribution < -0.4 is 10.6 Å². The molecule has 0 amide bonds. The van der Waals surface area contributed by atoms with Crippen LogP contribution in [0.5, 0.6) is 0 Å². The lowest BCUT2D eigenvalue weighted by molar-refractivity contribution is 0.392. The van der Waals surface area contributed by atoms with Crippen molar-refractivity contribution in [3.63, 3.8) is 0 Å². The highest BCUT2D eigenvalue weighted by Crippen LogP contribution is 2.12. The first-order valence-electron chi connectivity index (χ1n) is 5.56. The molecule has 1 atom stereocenters. The van der Waals surface area contributed by atoms with E-state index in [0.29, 0.717) is 17.4 Å². The highest BCUT2D eigenvalue weighted by Gasteiger charge is 2.13. The summed E-state index contributed by atoms with van der Waals surface area (Å²) in [5.41, 5.74) is 0.367. The first-order chi connectivity index (χ1) is 7.90. The molecule has 84 valence electrons. The van der Waals surface area contributed by atoms with Crippen molar-refractivity contribution < 1.29 is 0 Å². The molecule has 0 radical (unpaired) electrons. The fourth-order valence-electron chi connectivity index (χ4n) is 1.89. The van der Waals surface area contributed by atoms with Gasteiger partial charge in [-0.2, -0.15) is 5.26 Å². The number of nitrogens with one attached hydrogen (secondary N) is 2. The largest absolute Gasteiger partial charge is 0.367 e. The molecule has 1 aliphatic heterocycles. The summed E-state index contributed by atoms with van der Waals surface area (Å²) in [4.78, 5) is 8.08.